The summed E-state index contributed by atoms with van der Waals surface area (Å²) in [5.74, 6) is -1.13. The monoisotopic (exact) mass is 524 g/mol. The minimum absolute atomic E-state index is 0.266. The van der Waals surface area contributed by atoms with Crippen molar-refractivity contribution in [2.24, 2.45) is 0 Å². The van der Waals surface area contributed by atoms with Crippen molar-refractivity contribution in [3.63, 3.8) is 0 Å². The number of esters is 1. The summed E-state index contributed by atoms with van der Waals surface area (Å²) in [6, 6.07) is 7.60. The number of nitrogens with zero attached hydrogens (tertiary/aromatic N) is 2. The third-order valence-electron chi connectivity index (χ3n) is 4.50. The molecule has 0 atom stereocenters. The first-order chi connectivity index (χ1) is 14.4. The number of halogens is 2. The minimum Gasteiger partial charge on any atom is -0.459 e. The van der Waals surface area contributed by atoms with Gasteiger partial charge in [0.05, 0.1) is 9.93 Å². The summed E-state index contributed by atoms with van der Waals surface area (Å²) in [4.78, 5) is 38.3. The Balaban J connectivity index is 1.87. The largest absolute Gasteiger partial charge is 0.459 e. The van der Waals surface area contributed by atoms with Crippen LogP contribution in [0.1, 0.15) is 37.7 Å². The van der Waals surface area contributed by atoms with E-state index < -0.39 is 29.3 Å². The molecule has 1 aliphatic rings. The molecule has 0 radical (unpaired) electrons. The lowest BCUT2D eigenvalue weighted by Gasteiger charge is -2.21. The Labute approximate surface area is 198 Å². The van der Waals surface area contributed by atoms with E-state index in [2.05, 4.69) is 15.9 Å². The number of amides is 2. The summed E-state index contributed by atoms with van der Waals surface area (Å²) in [5.41, 5.74) is 2.85. The normalized spacial score (nSPS) is 15.8. The molecule has 2 amide bonds. The lowest BCUT2D eigenvalue weighted by Crippen LogP contribution is -2.37. The van der Waals surface area contributed by atoms with Gasteiger partial charge in [0, 0.05) is 21.5 Å². The van der Waals surface area contributed by atoms with Crippen LogP contribution in [0, 0.1) is 13.8 Å². The Kier molecular flexibility index (Phi) is 6.74. The van der Waals surface area contributed by atoms with Crippen LogP contribution in [-0.2, 0) is 14.3 Å². The maximum atomic E-state index is 12.8. The maximum Gasteiger partial charge on any atom is 0.326 e. The number of hydrogen-bond donors (Lipinski definition) is 0. The molecule has 1 fully saturated rings. The van der Waals surface area contributed by atoms with E-state index in [1.807, 2.05) is 42.7 Å². The second-order valence-electron chi connectivity index (χ2n) is 8.11. The molecule has 1 aromatic carbocycles. The molecule has 0 bridgehead atoms. The molecule has 0 N–H and O–H groups in total. The van der Waals surface area contributed by atoms with Crippen LogP contribution in [0.15, 0.2) is 33.6 Å². The second-order valence-corrected chi connectivity index (χ2v) is 10.4. The van der Waals surface area contributed by atoms with Gasteiger partial charge in [-0.1, -0.05) is 11.6 Å². The van der Waals surface area contributed by atoms with Crippen LogP contribution in [0.2, 0.25) is 5.02 Å². The molecule has 31 heavy (non-hydrogen) atoms. The number of aryl methyl sites for hydroxylation is 1. The number of rotatable bonds is 4. The summed E-state index contributed by atoms with van der Waals surface area (Å²) in [7, 11) is 0. The zero-order valence-corrected chi connectivity index (χ0v) is 20.9. The van der Waals surface area contributed by atoms with Crippen LogP contribution in [-0.4, -0.2) is 38.7 Å². The topological polar surface area (TPSA) is 68.6 Å². The van der Waals surface area contributed by atoms with Crippen molar-refractivity contribution in [1.29, 1.82) is 0 Å². The average Bonchev–Trinajstić information content (AvgIpc) is 3.06. The van der Waals surface area contributed by atoms with Crippen molar-refractivity contribution < 1.29 is 19.1 Å². The Morgan fingerprint density at radius 1 is 1.23 bits per heavy atom. The molecule has 0 unspecified atom stereocenters. The third kappa shape index (κ3) is 5.25. The maximum absolute atomic E-state index is 12.8. The molecule has 0 spiro atoms. The fourth-order valence-corrected chi connectivity index (χ4v) is 4.49. The van der Waals surface area contributed by atoms with Crippen LogP contribution in [0.4, 0.5) is 4.79 Å². The van der Waals surface area contributed by atoms with Gasteiger partial charge in [-0.3, -0.25) is 19.3 Å². The van der Waals surface area contributed by atoms with Crippen molar-refractivity contribution in [2.45, 2.75) is 40.2 Å². The van der Waals surface area contributed by atoms with Crippen molar-refractivity contribution in [3.05, 3.63) is 55.6 Å². The fraction of sp³-hybridized carbons (Fsp3) is 0.318. The van der Waals surface area contributed by atoms with Crippen molar-refractivity contribution in [1.82, 2.24) is 9.47 Å². The molecule has 0 saturated carbocycles. The standard InChI is InChI=1S/C22H22BrClN2O4S/c1-12-8-14(13(2)26(12)15-6-7-16(23)17(24)10-15)9-18-20(28)25(21(29)31-18)11-19(27)30-22(3,4)5/h6-10H,11H2,1-5H3. The van der Waals surface area contributed by atoms with Gasteiger partial charge in [0.25, 0.3) is 11.1 Å². The number of aromatic nitrogens is 1. The first-order valence-electron chi connectivity index (χ1n) is 9.49. The molecule has 3 rings (SSSR count). The Hall–Kier alpha value is -2.03. The van der Waals surface area contributed by atoms with Crippen LogP contribution < -0.4 is 0 Å². The summed E-state index contributed by atoms with van der Waals surface area (Å²) in [6.07, 6.45) is 1.68. The van der Waals surface area contributed by atoms with Gasteiger partial charge in [-0.15, -0.1) is 0 Å². The van der Waals surface area contributed by atoms with Gasteiger partial charge >= 0.3 is 5.97 Å². The summed E-state index contributed by atoms with van der Waals surface area (Å²) < 4.78 is 8.05. The summed E-state index contributed by atoms with van der Waals surface area (Å²) >= 11 is 10.5. The molecule has 2 heterocycles. The second kappa shape index (κ2) is 8.84. The van der Waals surface area contributed by atoms with Gasteiger partial charge in [-0.25, -0.2) is 0 Å². The highest BCUT2D eigenvalue weighted by Crippen LogP contribution is 2.34. The van der Waals surface area contributed by atoms with E-state index in [0.29, 0.717) is 5.02 Å². The zero-order chi connectivity index (χ0) is 23.1. The molecule has 1 aromatic heterocycles. The van der Waals surface area contributed by atoms with E-state index in [4.69, 9.17) is 16.3 Å². The Bertz CT molecular complexity index is 1120. The van der Waals surface area contributed by atoms with Crippen LogP contribution in [0.25, 0.3) is 11.8 Å². The number of imide groups is 1. The molecular weight excluding hydrogens is 504 g/mol. The number of carbonyl (C=O) groups excluding carboxylic acids is 3. The predicted molar refractivity (Wildman–Crippen MR) is 126 cm³/mol. The first kappa shape index (κ1) is 23.6. The van der Waals surface area contributed by atoms with Crippen LogP contribution in [0.3, 0.4) is 0 Å². The van der Waals surface area contributed by atoms with Crippen molar-refractivity contribution in [2.75, 3.05) is 6.54 Å². The molecule has 9 heteroatoms. The van der Waals surface area contributed by atoms with E-state index >= 15 is 0 Å². The number of thioether (sulfide) groups is 1. The first-order valence-corrected chi connectivity index (χ1v) is 11.5. The summed E-state index contributed by atoms with van der Waals surface area (Å²) in [5, 5.41) is 0.102. The molecule has 1 aliphatic heterocycles. The molecule has 1 saturated heterocycles. The van der Waals surface area contributed by atoms with Crippen molar-refractivity contribution >= 4 is 62.5 Å². The van der Waals surface area contributed by atoms with Crippen LogP contribution >= 0.6 is 39.3 Å². The van der Waals surface area contributed by atoms with E-state index in [-0.39, 0.29) is 4.91 Å². The van der Waals surface area contributed by atoms with E-state index in [1.54, 1.807) is 26.8 Å². The Morgan fingerprint density at radius 3 is 2.52 bits per heavy atom. The van der Waals surface area contributed by atoms with Crippen LogP contribution in [0.5, 0.6) is 0 Å². The minimum atomic E-state index is -0.692. The van der Waals surface area contributed by atoms with Gasteiger partial charge in [0.15, 0.2) is 0 Å². The molecular formula is C22H22BrClN2O4S. The average molecular weight is 526 g/mol. The van der Waals surface area contributed by atoms with E-state index in [9.17, 15) is 14.4 Å². The number of ether oxygens (including phenoxy) is 1. The lowest BCUT2D eigenvalue weighted by molar-refractivity contribution is -0.156. The van der Waals surface area contributed by atoms with Gasteiger partial charge in [0.2, 0.25) is 0 Å². The molecule has 164 valence electrons. The highest BCUT2D eigenvalue weighted by Gasteiger charge is 2.37. The molecule has 0 aliphatic carbocycles. The van der Waals surface area contributed by atoms with E-state index in [0.717, 1.165) is 43.8 Å². The van der Waals surface area contributed by atoms with Gasteiger partial charge in [-0.2, -0.15) is 0 Å². The number of benzene rings is 1. The number of hydrogen-bond acceptors (Lipinski definition) is 5. The summed E-state index contributed by atoms with van der Waals surface area (Å²) in [6.45, 7) is 8.66. The quantitative estimate of drug-likeness (QED) is 0.368. The molecule has 6 nitrogen and oxygen atoms in total. The van der Waals surface area contributed by atoms with Gasteiger partial charge < -0.3 is 9.30 Å². The van der Waals surface area contributed by atoms with E-state index in [1.165, 1.54) is 0 Å². The fourth-order valence-electron chi connectivity index (χ4n) is 3.24. The highest BCUT2D eigenvalue weighted by molar-refractivity contribution is 9.10. The lowest BCUT2D eigenvalue weighted by atomic mass is 10.2. The number of carbonyl (C=O) groups is 3. The van der Waals surface area contributed by atoms with Gasteiger partial charge in [-0.05, 0) is 98.2 Å². The third-order valence-corrected chi connectivity index (χ3v) is 6.64. The predicted octanol–water partition coefficient (Wildman–Crippen LogP) is 5.89. The highest BCUT2D eigenvalue weighted by atomic mass is 79.9. The SMILES string of the molecule is Cc1cc(C=C2SC(=O)N(CC(=O)OC(C)(C)C)C2=O)c(C)n1-c1ccc(Br)c(Cl)c1. The zero-order valence-electron chi connectivity index (χ0n) is 17.8. The smallest absolute Gasteiger partial charge is 0.326 e. The van der Waals surface area contributed by atoms with Crippen molar-refractivity contribution in [3.8, 4) is 5.69 Å². The molecule has 2 aromatic rings. The van der Waals surface area contributed by atoms with Gasteiger partial charge in [0.1, 0.15) is 12.1 Å². The Morgan fingerprint density at radius 2 is 1.90 bits per heavy atom.